The lowest BCUT2D eigenvalue weighted by atomic mass is 10.2. The van der Waals surface area contributed by atoms with Gasteiger partial charge in [0.2, 0.25) is 5.91 Å². The molecular formula is C19H20FN3OS. The maximum atomic E-state index is 13.9. The molecule has 0 spiro atoms. The van der Waals surface area contributed by atoms with Crippen molar-refractivity contribution < 1.29 is 9.18 Å². The number of likely N-dealkylation sites (N-methyl/N-ethyl adjacent to an activating group) is 1. The summed E-state index contributed by atoms with van der Waals surface area (Å²) >= 11 is 1.62. The molecule has 0 aliphatic carbocycles. The van der Waals surface area contributed by atoms with Crippen molar-refractivity contribution >= 4 is 33.1 Å². The Morgan fingerprint density at radius 3 is 2.80 bits per heavy atom. The molecule has 2 aromatic carbocycles. The second-order valence-electron chi connectivity index (χ2n) is 6.14. The number of rotatable bonds is 5. The zero-order valence-corrected chi connectivity index (χ0v) is 15.2. The van der Waals surface area contributed by atoms with E-state index in [1.165, 1.54) is 6.07 Å². The number of carbonyl (C=O) groups is 1. The van der Waals surface area contributed by atoms with E-state index in [1.54, 1.807) is 23.5 Å². The third-order valence-electron chi connectivity index (χ3n) is 4.12. The Morgan fingerprint density at radius 1 is 1.32 bits per heavy atom. The van der Waals surface area contributed by atoms with E-state index in [1.807, 2.05) is 50.1 Å². The molecule has 0 aliphatic heterocycles. The Morgan fingerprint density at radius 2 is 2.08 bits per heavy atom. The fourth-order valence-corrected chi connectivity index (χ4v) is 3.62. The summed E-state index contributed by atoms with van der Waals surface area (Å²) in [4.78, 5) is 18.8. The third-order valence-corrected chi connectivity index (χ3v) is 5.33. The molecule has 1 atom stereocenters. The molecule has 25 heavy (non-hydrogen) atoms. The highest BCUT2D eigenvalue weighted by Crippen LogP contribution is 2.28. The fourth-order valence-electron chi connectivity index (χ4n) is 2.53. The van der Waals surface area contributed by atoms with Crippen molar-refractivity contribution in [3.63, 3.8) is 0 Å². The molecule has 3 aromatic rings. The minimum atomic E-state index is -0.421. The maximum Gasteiger partial charge on any atom is 0.238 e. The topological polar surface area (TPSA) is 45.2 Å². The van der Waals surface area contributed by atoms with E-state index in [0.717, 1.165) is 20.8 Å². The summed E-state index contributed by atoms with van der Waals surface area (Å²) in [6.45, 7) is 3.98. The van der Waals surface area contributed by atoms with Gasteiger partial charge in [-0.3, -0.25) is 9.69 Å². The number of benzene rings is 2. The van der Waals surface area contributed by atoms with E-state index >= 15 is 0 Å². The van der Waals surface area contributed by atoms with Crippen LogP contribution in [0.4, 0.5) is 10.1 Å². The number of nitrogens with one attached hydrogen (secondary N) is 1. The number of hydrogen-bond donors (Lipinski definition) is 1. The molecular weight excluding hydrogens is 337 g/mol. The zero-order chi connectivity index (χ0) is 18.0. The number of amides is 1. The molecule has 1 aromatic heterocycles. The summed E-state index contributed by atoms with van der Waals surface area (Å²) in [6.07, 6.45) is 0. The lowest BCUT2D eigenvalue weighted by Gasteiger charge is -2.22. The maximum absolute atomic E-state index is 13.9. The Hall–Kier alpha value is -2.31. The van der Waals surface area contributed by atoms with Gasteiger partial charge in [0.1, 0.15) is 10.8 Å². The zero-order valence-electron chi connectivity index (χ0n) is 14.4. The van der Waals surface area contributed by atoms with E-state index in [0.29, 0.717) is 0 Å². The number of nitrogens with zero attached hydrogens (tertiary/aromatic N) is 2. The van der Waals surface area contributed by atoms with Gasteiger partial charge >= 0.3 is 0 Å². The Labute approximate surface area is 150 Å². The normalized spacial score (nSPS) is 12.5. The van der Waals surface area contributed by atoms with E-state index in [-0.39, 0.29) is 24.2 Å². The smallest absolute Gasteiger partial charge is 0.238 e. The molecule has 130 valence electrons. The summed E-state index contributed by atoms with van der Waals surface area (Å²) in [5.41, 5.74) is 1.99. The molecule has 0 unspecified atom stereocenters. The molecule has 0 saturated heterocycles. The van der Waals surface area contributed by atoms with Crippen molar-refractivity contribution in [2.45, 2.75) is 19.9 Å². The highest BCUT2D eigenvalue weighted by Gasteiger charge is 2.19. The predicted octanol–water partition coefficient (Wildman–Crippen LogP) is 4.38. The van der Waals surface area contributed by atoms with Gasteiger partial charge in [-0.15, -0.1) is 11.3 Å². The number of fused-ring (bicyclic) bond motifs is 1. The molecule has 0 fully saturated rings. The van der Waals surface area contributed by atoms with E-state index in [4.69, 9.17) is 0 Å². The molecule has 6 heteroatoms. The standard InChI is InChI=1S/C19H20FN3OS/c1-12-8-9-15(14(20)10-12)21-18(24)11-23(3)13(2)19-22-16-6-4-5-7-17(16)25-19/h4-10,13H,11H2,1-3H3,(H,21,24)/t13-/m0/s1. The van der Waals surface area contributed by atoms with Crippen LogP contribution in [0.3, 0.4) is 0 Å². The van der Waals surface area contributed by atoms with Crippen LogP contribution in [0.1, 0.15) is 23.5 Å². The number of carbonyl (C=O) groups excluding carboxylic acids is 1. The van der Waals surface area contributed by atoms with Crippen LogP contribution in [0.2, 0.25) is 0 Å². The number of hydrogen-bond acceptors (Lipinski definition) is 4. The second kappa shape index (κ2) is 7.29. The minimum absolute atomic E-state index is 0.00832. The largest absolute Gasteiger partial charge is 0.322 e. The van der Waals surface area contributed by atoms with Crippen LogP contribution in [-0.2, 0) is 4.79 Å². The van der Waals surface area contributed by atoms with Gasteiger partial charge in [-0.25, -0.2) is 9.37 Å². The van der Waals surface area contributed by atoms with E-state index in [9.17, 15) is 9.18 Å². The first-order valence-electron chi connectivity index (χ1n) is 8.06. The number of thiazole rings is 1. The van der Waals surface area contributed by atoms with Crippen molar-refractivity contribution in [2.24, 2.45) is 0 Å². The molecule has 3 rings (SSSR count). The van der Waals surface area contributed by atoms with E-state index in [2.05, 4.69) is 10.3 Å². The molecule has 0 aliphatic rings. The number of halogens is 1. The molecule has 4 nitrogen and oxygen atoms in total. The van der Waals surface area contributed by atoms with Crippen LogP contribution >= 0.6 is 11.3 Å². The average molecular weight is 357 g/mol. The number of aromatic nitrogens is 1. The van der Waals surface area contributed by atoms with Gasteiger partial charge in [-0.05, 0) is 50.7 Å². The lowest BCUT2D eigenvalue weighted by Crippen LogP contribution is -2.32. The van der Waals surface area contributed by atoms with Gasteiger partial charge in [0.25, 0.3) is 0 Å². The van der Waals surface area contributed by atoms with Gasteiger partial charge in [0.05, 0.1) is 28.5 Å². The van der Waals surface area contributed by atoms with Crippen LogP contribution in [0.15, 0.2) is 42.5 Å². The average Bonchev–Trinajstić information content (AvgIpc) is 3.00. The van der Waals surface area contributed by atoms with Gasteiger partial charge in [-0.1, -0.05) is 18.2 Å². The van der Waals surface area contributed by atoms with Gasteiger partial charge < -0.3 is 5.32 Å². The monoisotopic (exact) mass is 357 g/mol. The van der Waals surface area contributed by atoms with Crippen molar-refractivity contribution in [3.8, 4) is 0 Å². The Bertz CT molecular complexity index is 876. The van der Waals surface area contributed by atoms with Crippen LogP contribution in [-0.4, -0.2) is 29.4 Å². The van der Waals surface area contributed by atoms with Crippen LogP contribution in [0.5, 0.6) is 0 Å². The molecule has 0 saturated carbocycles. The molecule has 0 bridgehead atoms. The van der Waals surface area contributed by atoms with Crippen LogP contribution in [0.25, 0.3) is 10.2 Å². The summed E-state index contributed by atoms with van der Waals surface area (Å²) < 4.78 is 15.0. The first kappa shape index (κ1) is 17.5. The summed E-state index contributed by atoms with van der Waals surface area (Å²) in [5, 5.41) is 3.59. The SMILES string of the molecule is Cc1ccc(NC(=O)CN(C)[C@@H](C)c2nc3ccccc3s2)c(F)c1. The molecule has 0 radical (unpaired) electrons. The Balaban J connectivity index is 1.66. The second-order valence-corrected chi connectivity index (χ2v) is 7.20. The van der Waals surface area contributed by atoms with Crippen molar-refractivity contribution in [3.05, 3.63) is 58.9 Å². The third kappa shape index (κ3) is 4.03. The fraction of sp³-hybridized carbons (Fsp3) is 0.263. The number of anilines is 1. The summed E-state index contributed by atoms with van der Waals surface area (Å²) in [5.74, 6) is -0.673. The first-order valence-corrected chi connectivity index (χ1v) is 8.87. The number of para-hydroxylation sites is 1. The van der Waals surface area contributed by atoms with Gasteiger partial charge in [-0.2, -0.15) is 0 Å². The van der Waals surface area contributed by atoms with E-state index < -0.39 is 5.82 Å². The first-order chi connectivity index (χ1) is 11.9. The highest BCUT2D eigenvalue weighted by molar-refractivity contribution is 7.18. The quantitative estimate of drug-likeness (QED) is 0.737. The van der Waals surface area contributed by atoms with Crippen molar-refractivity contribution in [1.82, 2.24) is 9.88 Å². The summed E-state index contributed by atoms with van der Waals surface area (Å²) in [7, 11) is 1.86. The molecule has 1 N–H and O–H groups in total. The number of aryl methyl sites for hydroxylation is 1. The molecule has 1 amide bonds. The molecule has 1 heterocycles. The van der Waals surface area contributed by atoms with Crippen LogP contribution in [0, 0.1) is 12.7 Å². The highest BCUT2D eigenvalue weighted by atomic mass is 32.1. The minimum Gasteiger partial charge on any atom is -0.322 e. The van der Waals surface area contributed by atoms with Crippen LogP contribution < -0.4 is 5.32 Å². The Kier molecular flexibility index (Phi) is 5.11. The summed E-state index contributed by atoms with van der Waals surface area (Å²) in [6, 6.07) is 12.7. The predicted molar refractivity (Wildman–Crippen MR) is 100 cm³/mol. The van der Waals surface area contributed by atoms with Crippen molar-refractivity contribution in [1.29, 1.82) is 0 Å². The van der Waals surface area contributed by atoms with Crippen molar-refractivity contribution in [2.75, 3.05) is 18.9 Å². The lowest BCUT2D eigenvalue weighted by molar-refractivity contribution is -0.117. The van der Waals surface area contributed by atoms with Gasteiger partial charge in [0.15, 0.2) is 0 Å². The van der Waals surface area contributed by atoms with Gasteiger partial charge in [0, 0.05) is 0 Å².